The fourth-order valence-corrected chi connectivity index (χ4v) is 3.68. The summed E-state index contributed by atoms with van der Waals surface area (Å²) in [7, 11) is 1.62. The summed E-state index contributed by atoms with van der Waals surface area (Å²) in [6.45, 7) is 3.70. The molecule has 156 valence electrons. The zero-order valence-electron chi connectivity index (χ0n) is 17.2. The molecule has 3 rings (SSSR count). The highest BCUT2D eigenvalue weighted by Gasteiger charge is 2.20. The predicted octanol–water partition coefficient (Wildman–Crippen LogP) is 4.50. The lowest BCUT2D eigenvalue weighted by Gasteiger charge is -2.18. The Morgan fingerprint density at radius 1 is 1.20 bits per heavy atom. The fraction of sp³-hybridized carbons (Fsp3) is 0.261. The molecule has 0 fully saturated rings. The number of benzene rings is 2. The smallest absolute Gasteiger partial charge is 0.271 e. The van der Waals surface area contributed by atoms with Gasteiger partial charge in [-0.25, -0.2) is 4.68 Å². The summed E-state index contributed by atoms with van der Waals surface area (Å²) in [4.78, 5) is 25.7. The number of anilines is 1. The Balaban J connectivity index is 1.89. The Hall–Kier alpha value is -2.93. The summed E-state index contributed by atoms with van der Waals surface area (Å²) < 4.78 is 7.49. The number of methoxy groups -OCH3 is 1. The minimum atomic E-state index is -0.307. The fourth-order valence-electron chi connectivity index (χ4n) is 3.42. The Bertz CT molecular complexity index is 1090. The molecule has 1 heterocycles. The van der Waals surface area contributed by atoms with Crippen molar-refractivity contribution in [2.75, 3.05) is 12.4 Å². The molecule has 1 aromatic heterocycles. The molecule has 1 amide bonds. The number of amides is 1. The van der Waals surface area contributed by atoms with Crippen molar-refractivity contribution in [1.82, 2.24) is 9.78 Å². The molecule has 1 atom stereocenters. The average Bonchev–Trinajstić information content (AvgIpc) is 2.73. The summed E-state index contributed by atoms with van der Waals surface area (Å²) >= 11 is 3.36. The molecule has 30 heavy (non-hydrogen) atoms. The van der Waals surface area contributed by atoms with Crippen molar-refractivity contribution in [3.05, 3.63) is 86.2 Å². The highest BCUT2D eigenvalue weighted by atomic mass is 79.9. The van der Waals surface area contributed by atoms with Crippen molar-refractivity contribution in [3.63, 3.8) is 0 Å². The van der Waals surface area contributed by atoms with Gasteiger partial charge in [0.25, 0.3) is 5.56 Å². The molecule has 0 radical (unpaired) electrons. The van der Waals surface area contributed by atoms with Crippen LogP contribution in [0.2, 0.25) is 0 Å². The van der Waals surface area contributed by atoms with Crippen LogP contribution in [-0.2, 0) is 11.3 Å². The molecule has 6 nitrogen and oxygen atoms in total. The number of nitrogens with one attached hydrogen (secondary N) is 1. The molecule has 2 aromatic carbocycles. The van der Waals surface area contributed by atoms with E-state index in [1.807, 2.05) is 50.2 Å². The molecule has 0 saturated heterocycles. The SMILES string of the molecule is CC[C@H](c1cccc(OC)c1)c1cc(C)nn(CC(=O)Nc2ccc(Br)cc2)c1=O. The summed E-state index contributed by atoms with van der Waals surface area (Å²) in [5, 5.41) is 7.08. The van der Waals surface area contributed by atoms with Crippen molar-refractivity contribution in [2.24, 2.45) is 0 Å². The number of rotatable bonds is 7. The van der Waals surface area contributed by atoms with Crippen LogP contribution in [0, 0.1) is 6.92 Å². The maximum atomic E-state index is 13.2. The van der Waals surface area contributed by atoms with Gasteiger partial charge in [0.15, 0.2) is 0 Å². The molecule has 1 N–H and O–H groups in total. The third kappa shape index (κ3) is 5.16. The quantitative estimate of drug-likeness (QED) is 0.552. The summed E-state index contributed by atoms with van der Waals surface area (Å²) in [5.41, 5.74) is 2.69. The van der Waals surface area contributed by atoms with Gasteiger partial charge in [0.05, 0.1) is 12.8 Å². The minimum absolute atomic E-state index is 0.116. The first-order valence-corrected chi connectivity index (χ1v) is 10.5. The van der Waals surface area contributed by atoms with E-state index in [1.54, 1.807) is 25.3 Å². The van der Waals surface area contributed by atoms with Crippen LogP contribution in [0.4, 0.5) is 5.69 Å². The van der Waals surface area contributed by atoms with E-state index in [4.69, 9.17) is 4.74 Å². The lowest BCUT2D eigenvalue weighted by Crippen LogP contribution is -2.33. The second-order valence-corrected chi connectivity index (χ2v) is 7.91. The number of carbonyl (C=O) groups is 1. The third-order valence-electron chi connectivity index (χ3n) is 4.83. The minimum Gasteiger partial charge on any atom is -0.497 e. The van der Waals surface area contributed by atoms with E-state index in [0.29, 0.717) is 16.9 Å². The molecule has 0 spiro atoms. The molecule has 0 aliphatic heterocycles. The Morgan fingerprint density at radius 2 is 1.93 bits per heavy atom. The number of nitrogens with zero attached hydrogens (tertiary/aromatic N) is 2. The van der Waals surface area contributed by atoms with E-state index in [0.717, 1.165) is 22.2 Å². The van der Waals surface area contributed by atoms with Crippen LogP contribution in [0.15, 0.2) is 63.9 Å². The zero-order chi connectivity index (χ0) is 21.7. The normalized spacial score (nSPS) is 11.7. The van der Waals surface area contributed by atoms with Crippen LogP contribution in [0.3, 0.4) is 0 Å². The first-order chi connectivity index (χ1) is 14.4. The van der Waals surface area contributed by atoms with Crippen LogP contribution < -0.4 is 15.6 Å². The average molecular weight is 470 g/mol. The van der Waals surface area contributed by atoms with Gasteiger partial charge in [-0.2, -0.15) is 5.10 Å². The van der Waals surface area contributed by atoms with Crippen LogP contribution in [0.25, 0.3) is 0 Å². The van der Waals surface area contributed by atoms with Gasteiger partial charge in [-0.05, 0) is 61.4 Å². The van der Waals surface area contributed by atoms with Gasteiger partial charge in [-0.1, -0.05) is 35.0 Å². The zero-order valence-corrected chi connectivity index (χ0v) is 18.8. The predicted molar refractivity (Wildman–Crippen MR) is 121 cm³/mol. The molecule has 0 bridgehead atoms. The van der Waals surface area contributed by atoms with Crippen molar-refractivity contribution in [1.29, 1.82) is 0 Å². The number of carbonyl (C=O) groups excluding carboxylic acids is 1. The summed E-state index contributed by atoms with van der Waals surface area (Å²) in [6, 6.07) is 16.8. The van der Waals surface area contributed by atoms with Crippen LogP contribution in [-0.4, -0.2) is 22.8 Å². The molecule has 0 aliphatic carbocycles. The lowest BCUT2D eigenvalue weighted by molar-refractivity contribution is -0.117. The number of ether oxygens (including phenoxy) is 1. The van der Waals surface area contributed by atoms with Crippen molar-refractivity contribution in [3.8, 4) is 5.75 Å². The number of hydrogen-bond acceptors (Lipinski definition) is 4. The molecule has 0 aliphatic rings. The maximum Gasteiger partial charge on any atom is 0.271 e. The highest BCUT2D eigenvalue weighted by molar-refractivity contribution is 9.10. The van der Waals surface area contributed by atoms with Gasteiger partial charge in [0.2, 0.25) is 5.91 Å². The molecular formula is C23H24BrN3O3. The summed E-state index contributed by atoms with van der Waals surface area (Å²) in [5.74, 6) is 0.318. The van der Waals surface area contributed by atoms with E-state index in [9.17, 15) is 9.59 Å². The standard InChI is InChI=1S/C23H24BrN3O3/c1-4-20(16-6-5-7-19(13-16)30-3)21-12-15(2)26-27(23(21)29)14-22(28)25-18-10-8-17(24)9-11-18/h5-13,20H,4,14H2,1-3H3,(H,25,28)/t20-/m1/s1. The first kappa shape index (κ1) is 21.8. The molecule has 0 unspecified atom stereocenters. The monoisotopic (exact) mass is 469 g/mol. The van der Waals surface area contributed by atoms with Crippen molar-refractivity contribution >= 4 is 27.5 Å². The van der Waals surface area contributed by atoms with Gasteiger partial charge in [0, 0.05) is 21.6 Å². The first-order valence-electron chi connectivity index (χ1n) is 9.69. The van der Waals surface area contributed by atoms with Crippen LogP contribution >= 0.6 is 15.9 Å². The number of aryl methyl sites for hydroxylation is 1. The van der Waals surface area contributed by atoms with Gasteiger partial charge >= 0.3 is 0 Å². The van der Waals surface area contributed by atoms with E-state index in [1.165, 1.54) is 4.68 Å². The molecular weight excluding hydrogens is 446 g/mol. The summed E-state index contributed by atoms with van der Waals surface area (Å²) in [6.07, 6.45) is 0.733. The topological polar surface area (TPSA) is 73.2 Å². The van der Waals surface area contributed by atoms with Gasteiger partial charge in [-0.15, -0.1) is 0 Å². The van der Waals surface area contributed by atoms with Gasteiger partial charge in [0.1, 0.15) is 12.3 Å². The maximum absolute atomic E-state index is 13.2. The lowest BCUT2D eigenvalue weighted by atomic mass is 9.89. The molecule has 0 saturated carbocycles. The Labute approximate surface area is 184 Å². The largest absolute Gasteiger partial charge is 0.497 e. The van der Waals surface area contributed by atoms with Crippen LogP contribution in [0.1, 0.15) is 36.1 Å². The van der Waals surface area contributed by atoms with Gasteiger partial charge in [-0.3, -0.25) is 9.59 Å². The van der Waals surface area contributed by atoms with Gasteiger partial charge < -0.3 is 10.1 Å². The second-order valence-electron chi connectivity index (χ2n) is 7.00. The van der Waals surface area contributed by atoms with Crippen molar-refractivity contribution < 1.29 is 9.53 Å². The number of aromatic nitrogens is 2. The Morgan fingerprint density at radius 3 is 2.60 bits per heavy atom. The van der Waals surface area contributed by atoms with E-state index in [2.05, 4.69) is 26.3 Å². The van der Waals surface area contributed by atoms with E-state index < -0.39 is 0 Å². The van der Waals surface area contributed by atoms with Crippen LogP contribution in [0.5, 0.6) is 5.75 Å². The third-order valence-corrected chi connectivity index (χ3v) is 5.35. The van der Waals surface area contributed by atoms with Crippen molar-refractivity contribution in [2.45, 2.75) is 32.7 Å². The Kier molecular flexibility index (Phi) is 7.05. The van der Waals surface area contributed by atoms with E-state index in [-0.39, 0.29) is 23.9 Å². The number of hydrogen-bond donors (Lipinski definition) is 1. The second kappa shape index (κ2) is 9.71. The van der Waals surface area contributed by atoms with E-state index >= 15 is 0 Å². The number of halogens is 1. The molecule has 3 aromatic rings. The highest BCUT2D eigenvalue weighted by Crippen LogP contribution is 2.28. The molecule has 7 heteroatoms.